The van der Waals surface area contributed by atoms with Gasteiger partial charge < -0.3 is 24.5 Å². The number of ether oxygens (including phenoxy) is 1. The Balaban J connectivity index is 0.000000179. The summed E-state index contributed by atoms with van der Waals surface area (Å²) in [4.78, 5) is 37.4. The molecule has 59 heavy (non-hydrogen) atoms. The van der Waals surface area contributed by atoms with E-state index in [9.17, 15) is 35.9 Å². The van der Waals surface area contributed by atoms with Gasteiger partial charge in [-0.15, -0.1) is 13.2 Å². The smallest absolute Gasteiger partial charge is 0.406 e. The van der Waals surface area contributed by atoms with Gasteiger partial charge in [0, 0.05) is 23.1 Å². The molecule has 0 aliphatic heterocycles. The fraction of sp³-hybridized carbons (Fsp3) is 0.0930. The number of carbonyl (C=O) groups excluding carboxylic acids is 2. The lowest BCUT2D eigenvalue weighted by atomic mass is 10.0. The number of anilines is 2. The number of benzene rings is 5. The van der Waals surface area contributed by atoms with E-state index in [1.165, 1.54) is 18.2 Å². The number of rotatable bonds is 9. The van der Waals surface area contributed by atoms with Gasteiger partial charge >= 0.3 is 12.5 Å². The first-order chi connectivity index (χ1) is 28.3. The molecule has 298 valence electrons. The van der Waals surface area contributed by atoms with Gasteiger partial charge in [0.25, 0.3) is 0 Å². The van der Waals surface area contributed by atoms with Gasteiger partial charge in [-0.25, -0.2) is 9.97 Å². The Hall–Kier alpha value is -7.49. The van der Waals surface area contributed by atoms with Crippen molar-refractivity contribution >= 4 is 45.3 Å². The molecule has 0 bridgehead atoms. The summed E-state index contributed by atoms with van der Waals surface area (Å²) in [6.45, 7) is 0.145. The highest BCUT2D eigenvalue weighted by molar-refractivity contribution is 5.93. The predicted molar refractivity (Wildman–Crippen MR) is 210 cm³/mol. The summed E-state index contributed by atoms with van der Waals surface area (Å²) in [5.41, 5.74) is 5.34. The lowest BCUT2D eigenvalue weighted by molar-refractivity contribution is -0.274. The zero-order valence-electron chi connectivity index (χ0n) is 30.6. The summed E-state index contributed by atoms with van der Waals surface area (Å²) < 4.78 is 83.6. The SMILES string of the molecule is O=C(Cn1cnc2ccccc21)Nc1cccc(-c2cc(C(F)(F)F)ccn2)c1.O=C(Cn1cnc2ccccc21)Nc1cccc(-c2cccc(OC(F)(F)F)c2)c1. The van der Waals surface area contributed by atoms with Gasteiger partial charge in [-0.3, -0.25) is 14.6 Å². The molecule has 0 aliphatic carbocycles. The van der Waals surface area contributed by atoms with Crippen LogP contribution in [0.4, 0.5) is 37.7 Å². The van der Waals surface area contributed by atoms with Crippen LogP contribution in [0.1, 0.15) is 5.56 Å². The van der Waals surface area contributed by atoms with Crippen LogP contribution < -0.4 is 15.4 Å². The Morgan fingerprint density at radius 1 is 0.559 bits per heavy atom. The molecule has 0 saturated heterocycles. The van der Waals surface area contributed by atoms with Crippen molar-refractivity contribution in [2.75, 3.05) is 10.6 Å². The second kappa shape index (κ2) is 16.9. The number of hydrogen-bond acceptors (Lipinski definition) is 6. The first kappa shape index (κ1) is 39.7. The summed E-state index contributed by atoms with van der Waals surface area (Å²) in [7, 11) is 0. The number of para-hydroxylation sites is 4. The van der Waals surface area contributed by atoms with Gasteiger partial charge in [-0.1, -0.05) is 60.7 Å². The normalized spacial score (nSPS) is 11.5. The van der Waals surface area contributed by atoms with Crippen LogP contribution in [0, 0.1) is 0 Å². The van der Waals surface area contributed by atoms with Gasteiger partial charge in [-0.05, 0) is 83.9 Å². The van der Waals surface area contributed by atoms with E-state index in [1.807, 2.05) is 48.5 Å². The fourth-order valence-electron chi connectivity index (χ4n) is 6.15. The molecule has 8 aromatic rings. The Kier molecular flexibility index (Phi) is 11.4. The van der Waals surface area contributed by atoms with Crippen LogP contribution in [0.25, 0.3) is 44.5 Å². The summed E-state index contributed by atoms with van der Waals surface area (Å²) in [5.74, 6) is -0.826. The summed E-state index contributed by atoms with van der Waals surface area (Å²) in [5, 5.41) is 5.57. The minimum Gasteiger partial charge on any atom is -0.406 e. The first-order valence-corrected chi connectivity index (χ1v) is 17.8. The van der Waals surface area contributed by atoms with E-state index in [2.05, 4.69) is 30.3 Å². The van der Waals surface area contributed by atoms with Crippen molar-refractivity contribution < 1.29 is 40.7 Å². The van der Waals surface area contributed by atoms with E-state index in [-0.39, 0.29) is 36.3 Å². The number of nitrogens with zero attached hydrogens (tertiary/aromatic N) is 5. The van der Waals surface area contributed by atoms with Crippen molar-refractivity contribution in [2.24, 2.45) is 0 Å². The Morgan fingerprint density at radius 3 is 1.63 bits per heavy atom. The van der Waals surface area contributed by atoms with Crippen LogP contribution in [0.3, 0.4) is 0 Å². The highest BCUT2D eigenvalue weighted by Gasteiger charge is 2.31. The Morgan fingerprint density at radius 2 is 1.07 bits per heavy atom. The minimum absolute atomic E-state index is 0.0621. The number of halogens is 6. The van der Waals surface area contributed by atoms with Crippen molar-refractivity contribution in [1.29, 1.82) is 0 Å². The summed E-state index contributed by atoms with van der Waals surface area (Å²) in [6.07, 6.45) is -4.89. The Bertz CT molecular complexity index is 2760. The lowest BCUT2D eigenvalue weighted by Gasteiger charge is -2.11. The van der Waals surface area contributed by atoms with Gasteiger partial charge in [0.15, 0.2) is 0 Å². The molecule has 0 aliphatic rings. The molecule has 3 heterocycles. The lowest BCUT2D eigenvalue weighted by Crippen LogP contribution is -2.18. The molecule has 0 spiro atoms. The van der Waals surface area contributed by atoms with Crippen LogP contribution in [-0.2, 0) is 28.9 Å². The summed E-state index contributed by atoms with van der Waals surface area (Å²) in [6, 6.07) is 36.0. The van der Waals surface area contributed by atoms with Crippen molar-refractivity contribution in [1.82, 2.24) is 24.1 Å². The topological polar surface area (TPSA) is 116 Å². The number of aromatic nitrogens is 5. The van der Waals surface area contributed by atoms with E-state index < -0.39 is 18.1 Å². The number of nitrogens with one attached hydrogen (secondary N) is 2. The van der Waals surface area contributed by atoms with Crippen molar-refractivity contribution in [3.63, 3.8) is 0 Å². The average molecular weight is 808 g/mol. The van der Waals surface area contributed by atoms with Crippen molar-refractivity contribution in [2.45, 2.75) is 25.6 Å². The van der Waals surface area contributed by atoms with Gasteiger partial charge in [0.05, 0.1) is 46.0 Å². The van der Waals surface area contributed by atoms with E-state index in [1.54, 1.807) is 76.4 Å². The third-order valence-corrected chi connectivity index (χ3v) is 8.76. The maximum absolute atomic E-state index is 12.9. The number of alkyl halides is 6. The van der Waals surface area contributed by atoms with Crippen LogP contribution in [0.15, 0.2) is 152 Å². The highest BCUT2D eigenvalue weighted by Crippen LogP contribution is 2.32. The maximum Gasteiger partial charge on any atom is 0.573 e. The molecule has 2 amide bonds. The number of hydrogen-bond donors (Lipinski definition) is 2. The standard InChI is InChI=1S/C22H16F3N3O2.C21H15F3N4O/c23-22(24,25)30-18-8-4-6-16(12-18)15-5-3-7-17(11-15)27-21(29)13-28-14-26-19-9-1-2-10-20(19)28;22-21(23,24)15-8-9-25-18(11-15)14-4-3-5-16(10-14)27-20(29)12-28-13-26-17-6-1-2-7-19(17)28/h1-12,14H,13H2,(H,27,29);1-11,13H,12H2,(H,27,29). The quantitative estimate of drug-likeness (QED) is 0.140. The number of carbonyl (C=O) groups is 2. The van der Waals surface area contributed by atoms with Gasteiger partial charge in [0.2, 0.25) is 11.8 Å². The molecular weight excluding hydrogens is 777 g/mol. The zero-order valence-corrected chi connectivity index (χ0v) is 30.6. The van der Waals surface area contributed by atoms with Crippen LogP contribution in [0.2, 0.25) is 0 Å². The zero-order chi connectivity index (χ0) is 41.6. The molecule has 10 nitrogen and oxygen atoms in total. The first-order valence-electron chi connectivity index (χ1n) is 17.8. The molecule has 16 heteroatoms. The van der Waals surface area contributed by atoms with E-state index >= 15 is 0 Å². The molecule has 5 aromatic carbocycles. The average Bonchev–Trinajstić information content (AvgIpc) is 3.81. The van der Waals surface area contributed by atoms with Crippen LogP contribution in [-0.4, -0.2) is 42.3 Å². The largest absolute Gasteiger partial charge is 0.573 e. The molecule has 8 rings (SSSR count). The molecule has 0 fully saturated rings. The number of fused-ring (bicyclic) bond motifs is 2. The van der Waals surface area contributed by atoms with Crippen molar-refractivity contribution in [3.8, 4) is 28.1 Å². The van der Waals surface area contributed by atoms with E-state index in [4.69, 9.17) is 0 Å². The van der Waals surface area contributed by atoms with Gasteiger partial charge in [0.1, 0.15) is 18.8 Å². The Labute approximate surface area is 331 Å². The molecule has 2 N–H and O–H groups in total. The second-order valence-corrected chi connectivity index (χ2v) is 13.0. The third-order valence-electron chi connectivity index (χ3n) is 8.76. The van der Waals surface area contributed by atoms with Crippen molar-refractivity contribution in [3.05, 3.63) is 158 Å². The van der Waals surface area contributed by atoms with Gasteiger partial charge in [-0.2, -0.15) is 13.2 Å². The van der Waals surface area contributed by atoms with Crippen LogP contribution in [0.5, 0.6) is 5.75 Å². The van der Waals surface area contributed by atoms with E-state index in [0.29, 0.717) is 28.1 Å². The maximum atomic E-state index is 12.9. The van der Waals surface area contributed by atoms with Crippen LogP contribution >= 0.6 is 0 Å². The molecule has 0 unspecified atom stereocenters. The van der Waals surface area contributed by atoms with E-state index in [0.717, 1.165) is 40.4 Å². The number of imidazole rings is 2. The minimum atomic E-state index is -4.76. The molecular formula is C43H31F6N7O3. The number of amides is 2. The second-order valence-electron chi connectivity index (χ2n) is 13.0. The third kappa shape index (κ3) is 10.3. The molecule has 0 saturated carbocycles. The molecule has 0 radical (unpaired) electrons. The fourth-order valence-corrected chi connectivity index (χ4v) is 6.15. The highest BCUT2D eigenvalue weighted by atomic mass is 19.4. The predicted octanol–water partition coefficient (Wildman–Crippen LogP) is 10.00. The number of pyridine rings is 1. The monoisotopic (exact) mass is 807 g/mol. The molecule has 0 atom stereocenters. The summed E-state index contributed by atoms with van der Waals surface area (Å²) >= 11 is 0. The molecule has 3 aromatic heterocycles.